The van der Waals surface area contributed by atoms with Gasteiger partial charge in [-0.05, 0) is 11.1 Å². The van der Waals surface area contributed by atoms with Crippen LogP contribution in [0, 0.1) is 0 Å². The third-order valence-electron chi connectivity index (χ3n) is 3.13. The van der Waals surface area contributed by atoms with E-state index >= 15 is 0 Å². The third kappa shape index (κ3) is 3.26. The van der Waals surface area contributed by atoms with Crippen LogP contribution in [0.25, 0.3) is 0 Å². The van der Waals surface area contributed by atoms with Crippen LogP contribution in [-0.4, -0.2) is 29.7 Å². The summed E-state index contributed by atoms with van der Waals surface area (Å²) in [5.41, 5.74) is 1.78. The number of hydrogen-bond donors (Lipinski definition) is 0. The fraction of sp³-hybridized carbons (Fsp3) is 0.462. The summed E-state index contributed by atoms with van der Waals surface area (Å²) < 4.78 is 43.6. The van der Waals surface area contributed by atoms with Gasteiger partial charge in [0.05, 0.1) is 0 Å². The highest BCUT2D eigenvalue weighted by Crippen LogP contribution is 2.32. The molecule has 104 valence electrons. The van der Waals surface area contributed by atoms with Crippen molar-refractivity contribution in [2.24, 2.45) is 0 Å². The summed E-state index contributed by atoms with van der Waals surface area (Å²) in [5.74, 6) is -0.703. The zero-order chi connectivity index (χ0) is 14.0. The first-order valence-electron chi connectivity index (χ1n) is 5.89. The Morgan fingerprint density at radius 1 is 1.32 bits per heavy atom. The van der Waals surface area contributed by atoms with Crippen molar-refractivity contribution in [3.05, 3.63) is 35.4 Å². The quantitative estimate of drug-likeness (QED) is 0.792. The van der Waals surface area contributed by atoms with Gasteiger partial charge in [0.15, 0.2) is 0 Å². The number of halogens is 3. The second-order valence-corrected chi connectivity index (χ2v) is 4.53. The molecule has 1 aromatic rings. The Hall–Kier alpha value is -1.56. The molecule has 1 aromatic carbocycles. The minimum absolute atomic E-state index is 0.224. The smallest absolute Gasteiger partial charge is 0.407 e. The van der Waals surface area contributed by atoms with Gasteiger partial charge in [0.25, 0.3) is 0 Å². The second kappa shape index (κ2) is 5.21. The molecular weight excluding hydrogens is 259 g/mol. The number of esters is 1. The van der Waals surface area contributed by atoms with Gasteiger partial charge < -0.3 is 4.74 Å². The van der Waals surface area contributed by atoms with Crippen LogP contribution in [0.3, 0.4) is 0 Å². The normalized spacial score (nSPS) is 17.1. The second-order valence-electron chi connectivity index (χ2n) is 4.53. The maximum absolute atomic E-state index is 13.0. The van der Waals surface area contributed by atoms with Crippen LogP contribution in [-0.2, 0) is 22.6 Å². The highest BCUT2D eigenvalue weighted by atomic mass is 19.4. The number of carbonyl (C=O) groups excluding carboxylic acids is 1. The predicted octanol–water partition coefficient (Wildman–Crippen LogP) is 2.50. The van der Waals surface area contributed by atoms with E-state index < -0.39 is 24.8 Å². The number of fused-ring (bicyclic) bond motifs is 1. The van der Waals surface area contributed by atoms with Gasteiger partial charge >= 0.3 is 12.1 Å². The minimum atomic E-state index is -4.42. The van der Waals surface area contributed by atoms with Crippen molar-refractivity contribution < 1.29 is 22.7 Å². The van der Waals surface area contributed by atoms with E-state index in [0.717, 1.165) is 18.1 Å². The summed E-state index contributed by atoms with van der Waals surface area (Å²) in [5, 5.41) is 0. The van der Waals surface area contributed by atoms with E-state index in [1.807, 2.05) is 12.1 Å². The summed E-state index contributed by atoms with van der Waals surface area (Å²) in [7, 11) is 0. The fourth-order valence-corrected chi connectivity index (χ4v) is 2.18. The summed E-state index contributed by atoms with van der Waals surface area (Å²) in [6, 6.07) is 5.47. The first-order valence-corrected chi connectivity index (χ1v) is 5.89. The number of ether oxygens (including phenoxy) is 1. The van der Waals surface area contributed by atoms with E-state index in [-0.39, 0.29) is 13.1 Å². The molecule has 3 nitrogen and oxygen atoms in total. The van der Waals surface area contributed by atoms with Gasteiger partial charge in [-0.3, -0.25) is 9.69 Å². The van der Waals surface area contributed by atoms with Crippen LogP contribution in [0.2, 0.25) is 0 Å². The molecule has 6 heteroatoms. The molecular formula is C13H14F3NO2. The molecule has 0 radical (unpaired) electrons. The van der Waals surface area contributed by atoms with Gasteiger partial charge in [-0.1, -0.05) is 24.3 Å². The Morgan fingerprint density at radius 3 is 2.26 bits per heavy atom. The number of benzene rings is 1. The number of hydrogen-bond acceptors (Lipinski definition) is 3. The number of carbonyl (C=O) groups is 1. The minimum Gasteiger partial charge on any atom is -0.464 e. The lowest BCUT2D eigenvalue weighted by atomic mass is 10.1. The largest absolute Gasteiger partial charge is 0.464 e. The summed E-state index contributed by atoms with van der Waals surface area (Å²) in [6.45, 7) is 0.891. The van der Waals surface area contributed by atoms with E-state index in [4.69, 9.17) is 0 Å². The van der Waals surface area contributed by atoms with Crippen LogP contribution < -0.4 is 0 Å². The molecule has 0 N–H and O–H groups in total. The van der Waals surface area contributed by atoms with Gasteiger partial charge in [0.2, 0.25) is 0 Å². The van der Waals surface area contributed by atoms with Crippen LogP contribution in [0.1, 0.15) is 18.1 Å². The monoisotopic (exact) mass is 273 g/mol. The van der Waals surface area contributed by atoms with Gasteiger partial charge in [0.1, 0.15) is 12.6 Å². The third-order valence-corrected chi connectivity index (χ3v) is 3.13. The van der Waals surface area contributed by atoms with Gasteiger partial charge in [-0.15, -0.1) is 0 Å². The van der Waals surface area contributed by atoms with Crippen molar-refractivity contribution in [1.29, 1.82) is 0 Å². The summed E-state index contributed by atoms with van der Waals surface area (Å²) >= 11 is 0. The highest BCUT2D eigenvalue weighted by Gasteiger charge is 2.45. The lowest BCUT2D eigenvalue weighted by Gasteiger charge is -2.28. The molecule has 0 saturated carbocycles. The van der Waals surface area contributed by atoms with Gasteiger partial charge in [0, 0.05) is 20.0 Å². The van der Waals surface area contributed by atoms with Crippen molar-refractivity contribution in [2.75, 3.05) is 6.61 Å². The average molecular weight is 273 g/mol. The number of alkyl halides is 3. The molecule has 0 saturated heterocycles. The predicted molar refractivity (Wildman–Crippen MR) is 62.2 cm³/mol. The molecule has 0 spiro atoms. The fourth-order valence-electron chi connectivity index (χ4n) is 2.18. The first kappa shape index (κ1) is 13.9. The maximum Gasteiger partial charge on any atom is 0.407 e. The van der Waals surface area contributed by atoms with Gasteiger partial charge in [-0.25, -0.2) is 0 Å². The Kier molecular flexibility index (Phi) is 3.80. The Bertz CT molecular complexity index is 448. The highest BCUT2D eigenvalue weighted by molar-refractivity contribution is 5.65. The van der Waals surface area contributed by atoms with Crippen LogP contribution in [0.4, 0.5) is 13.2 Å². The molecule has 1 aliphatic rings. The molecule has 0 bridgehead atoms. The molecule has 0 aromatic heterocycles. The first-order chi connectivity index (χ1) is 8.88. The molecule has 1 aliphatic heterocycles. The van der Waals surface area contributed by atoms with E-state index in [0.29, 0.717) is 0 Å². The Balaban J connectivity index is 2.11. The number of nitrogens with zero attached hydrogens (tertiary/aromatic N) is 1. The average Bonchev–Trinajstić information content (AvgIpc) is 2.69. The van der Waals surface area contributed by atoms with Crippen LogP contribution in [0.5, 0.6) is 0 Å². The standard InChI is InChI=1S/C13H14F3NO2/c1-9(18)19-8-12(13(14,15)16)17-6-10-4-2-3-5-11(10)7-17/h2-5,12H,6-8H2,1H3. The van der Waals surface area contributed by atoms with E-state index in [2.05, 4.69) is 4.74 Å². The van der Waals surface area contributed by atoms with Crippen molar-refractivity contribution in [3.63, 3.8) is 0 Å². The SMILES string of the molecule is CC(=O)OCC(N1Cc2ccccc2C1)C(F)(F)F. The van der Waals surface area contributed by atoms with Crippen molar-refractivity contribution >= 4 is 5.97 Å². The lowest BCUT2D eigenvalue weighted by Crippen LogP contribution is -2.46. The lowest BCUT2D eigenvalue weighted by molar-refractivity contribution is -0.199. The summed E-state index contributed by atoms with van der Waals surface area (Å²) in [6.07, 6.45) is -4.42. The van der Waals surface area contributed by atoms with Crippen LogP contribution >= 0.6 is 0 Å². The van der Waals surface area contributed by atoms with Crippen molar-refractivity contribution in [1.82, 2.24) is 4.90 Å². The molecule has 2 rings (SSSR count). The van der Waals surface area contributed by atoms with Crippen LogP contribution in [0.15, 0.2) is 24.3 Å². The molecule has 1 heterocycles. The molecule has 0 aliphatic carbocycles. The zero-order valence-corrected chi connectivity index (χ0v) is 10.4. The van der Waals surface area contributed by atoms with Gasteiger partial charge in [-0.2, -0.15) is 13.2 Å². The zero-order valence-electron chi connectivity index (χ0n) is 10.4. The van der Waals surface area contributed by atoms with Crippen molar-refractivity contribution in [3.8, 4) is 0 Å². The maximum atomic E-state index is 13.0. The van der Waals surface area contributed by atoms with E-state index in [1.54, 1.807) is 12.1 Å². The van der Waals surface area contributed by atoms with E-state index in [1.165, 1.54) is 4.90 Å². The Labute approximate surface area is 109 Å². The molecule has 1 unspecified atom stereocenters. The summed E-state index contributed by atoms with van der Waals surface area (Å²) in [4.78, 5) is 12.0. The van der Waals surface area contributed by atoms with E-state index in [9.17, 15) is 18.0 Å². The topological polar surface area (TPSA) is 29.5 Å². The Morgan fingerprint density at radius 2 is 1.84 bits per heavy atom. The van der Waals surface area contributed by atoms with Crippen molar-refractivity contribution in [2.45, 2.75) is 32.2 Å². The number of rotatable bonds is 3. The molecule has 1 atom stereocenters. The molecule has 19 heavy (non-hydrogen) atoms. The molecule has 0 fully saturated rings. The molecule has 0 amide bonds.